The van der Waals surface area contributed by atoms with E-state index in [0.29, 0.717) is 44.9 Å². The van der Waals surface area contributed by atoms with Crippen molar-refractivity contribution in [1.82, 2.24) is 79.8 Å². The fourth-order valence-electron chi connectivity index (χ4n) is 13.7. The van der Waals surface area contributed by atoms with Gasteiger partial charge in [0.1, 0.15) is 89.6 Å². The summed E-state index contributed by atoms with van der Waals surface area (Å²) < 4.78 is 10.6. The maximum absolute atomic E-state index is 14.5. The van der Waals surface area contributed by atoms with Gasteiger partial charge in [0.25, 0.3) is 0 Å². The number of amides is 16. The molecule has 752 valence electrons. The molecular weight excluding hydrogens is 1830 g/mol. The lowest BCUT2D eigenvalue weighted by molar-refractivity contribution is -0.142. The molecule has 49 heteroatoms. The molecule has 0 bridgehead atoms. The van der Waals surface area contributed by atoms with Crippen LogP contribution in [0.1, 0.15) is 131 Å². The molecule has 0 radical (unpaired) electrons. The van der Waals surface area contributed by atoms with Crippen LogP contribution < -0.4 is 106 Å². The zero-order chi connectivity index (χ0) is 103. The van der Waals surface area contributed by atoms with Crippen molar-refractivity contribution >= 4 is 130 Å². The summed E-state index contributed by atoms with van der Waals surface area (Å²) in [4.78, 5) is 280. The molecule has 5 aromatic rings. The minimum absolute atomic E-state index is 0.0863. The first-order valence-electron chi connectivity index (χ1n) is 43.5. The van der Waals surface area contributed by atoms with E-state index >= 15 is 0 Å². The fraction of sp³-hybridized carbons (Fsp3) is 0.422. The van der Waals surface area contributed by atoms with Crippen LogP contribution >= 0.6 is 0 Å². The minimum atomic E-state index is -2.34. The molecule has 139 heavy (non-hydrogen) atoms. The van der Waals surface area contributed by atoms with Crippen LogP contribution in [0.25, 0.3) is 0 Å². The van der Waals surface area contributed by atoms with Crippen molar-refractivity contribution in [2.24, 2.45) is 23.1 Å². The Bertz CT molecular complexity index is 5120. The summed E-state index contributed by atoms with van der Waals surface area (Å²) in [7, 11) is 3.00. The van der Waals surface area contributed by atoms with Crippen LogP contribution in [0.5, 0.6) is 11.5 Å². The van der Waals surface area contributed by atoms with Gasteiger partial charge in [-0.05, 0) is 109 Å². The molecule has 0 unspecified atom stereocenters. The molecule has 0 fully saturated rings. The van der Waals surface area contributed by atoms with Crippen molar-refractivity contribution < 1.29 is 146 Å². The number of guanidine groups is 1. The van der Waals surface area contributed by atoms with Crippen molar-refractivity contribution in [3.05, 3.63) is 167 Å². The van der Waals surface area contributed by atoms with Crippen LogP contribution in [-0.2, 0) is 126 Å². The molecule has 12 atom stereocenters. The number of carbonyl (C=O) groups is 21. The predicted molar refractivity (Wildman–Crippen MR) is 487 cm³/mol. The maximum atomic E-state index is 14.5. The fourth-order valence-corrected chi connectivity index (χ4v) is 13.7. The van der Waals surface area contributed by atoms with Crippen LogP contribution in [-0.4, -0.2) is 279 Å². The highest BCUT2D eigenvalue weighted by Gasteiger charge is 2.40. The number of carboxylic acid groups (broad SMARTS) is 5. The Morgan fingerprint density at radius 3 is 1.11 bits per heavy atom. The van der Waals surface area contributed by atoms with Gasteiger partial charge in [0.15, 0.2) is 5.96 Å². The summed E-state index contributed by atoms with van der Waals surface area (Å²) in [5.41, 5.74) is 17.4. The summed E-state index contributed by atoms with van der Waals surface area (Å²) in [6.45, 7) is 0.975. The number of ether oxygens (including phenoxy) is 2. The lowest BCUT2D eigenvalue weighted by atomic mass is 9.80. The number of hydrogen-bond acceptors (Lipinski definition) is 26. The van der Waals surface area contributed by atoms with Gasteiger partial charge in [-0.15, -0.1) is 0 Å². The van der Waals surface area contributed by atoms with Crippen LogP contribution in [0.15, 0.2) is 133 Å². The summed E-state index contributed by atoms with van der Waals surface area (Å²) >= 11 is 0. The van der Waals surface area contributed by atoms with Crippen molar-refractivity contribution in [3.8, 4) is 11.5 Å². The van der Waals surface area contributed by atoms with E-state index in [-0.39, 0.29) is 51.0 Å². The molecule has 0 saturated carbocycles. The second-order valence-electron chi connectivity index (χ2n) is 32.2. The monoisotopic (exact) mass is 1940 g/mol. The molecule has 0 aliphatic carbocycles. The molecule has 0 heterocycles. The molecule has 0 aromatic heterocycles. The van der Waals surface area contributed by atoms with Gasteiger partial charge in [-0.1, -0.05) is 123 Å². The number of carbonyl (C=O) groups excluding carboxylic acids is 16. The molecule has 0 saturated heterocycles. The molecule has 0 aliphatic rings. The normalized spacial score (nSPS) is 13.6. The lowest BCUT2D eigenvalue weighted by Crippen LogP contribution is -2.61. The average molecular weight is 1950 g/mol. The van der Waals surface area contributed by atoms with Gasteiger partial charge in [0, 0.05) is 45.1 Å². The van der Waals surface area contributed by atoms with Crippen LogP contribution in [0.2, 0.25) is 0 Å². The van der Waals surface area contributed by atoms with Gasteiger partial charge in [0.05, 0.1) is 53.2 Å². The average Bonchev–Trinajstić information content (AvgIpc) is 0.760. The maximum Gasteiger partial charge on any atom is 0.326 e. The number of benzene rings is 5. The molecule has 5 rings (SSSR count). The van der Waals surface area contributed by atoms with Crippen molar-refractivity contribution in [1.29, 1.82) is 5.41 Å². The first-order valence-corrected chi connectivity index (χ1v) is 43.5. The summed E-state index contributed by atoms with van der Waals surface area (Å²) in [5.74, 6) is -27.7. The minimum Gasteiger partial charge on any atom is -0.497 e. The van der Waals surface area contributed by atoms with Gasteiger partial charge in [0.2, 0.25) is 94.5 Å². The van der Waals surface area contributed by atoms with Crippen molar-refractivity contribution in [2.45, 2.75) is 195 Å². The van der Waals surface area contributed by atoms with Crippen molar-refractivity contribution in [2.75, 3.05) is 40.5 Å². The van der Waals surface area contributed by atoms with Gasteiger partial charge in [-0.2, -0.15) is 0 Å². The van der Waals surface area contributed by atoms with Crippen LogP contribution in [0, 0.1) is 11.3 Å². The van der Waals surface area contributed by atoms with E-state index in [1.165, 1.54) is 35.0 Å². The summed E-state index contributed by atoms with van der Waals surface area (Å²) in [5, 5.41) is 113. The summed E-state index contributed by atoms with van der Waals surface area (Å²) in [6, 6.07) is 14.0. The number of aryl methyl sites for hydroxylation is 1. The second kappa shape index (κ2) is 56.8. The SMILES string of the molecule is COc1ccc(C(O)(c2ccc(CCC(=O)N[C@@H](CCC(=O)O)C(=O)NCC(=O)N[C@H](C(=O)N[C@@H](CC(N)=O)C(=O)N[C@@H](CC(=O)O)C(=O)N[C@@H](CC(N)=O)C(=O)N[C@@H](CCC(=O)O)C(=O)N[C@@H](CCC(=O)O)C(=O)NCC(=O)N[C@@H](Cc3ccccc3)C(=O)N[C@@H](Cc3ccccc3)C(=O)N[C@@H](CO)C(=O)N[C@@H](C)C(=O)N[C@@H](CCCNC(=N)N)C(=O)O)C(C)C)cc2)c2ccc(OC)cc2)cc1. The highest BCUT2D eigenvalue weighted by Crippen LogP contribution is 2.38. The largest absolute Gasteiger partial charge is 0.497 e. The number of aliphatic hydroxyl groups excluding tert-OH is 1. The molecule has 0 spiro atoms. The Morgan fingerprint density at radius 1 is 0.353 bits per heavy atom. The molecule has 0 aliphatic heterocycles. The number of aliphatic hydroxyl groups is 2. The van der Waals surface area contributed by atoms with E-state index in [9.17, 15) is 136 Å². The van der Waals surface area contributed by atoms with Gasteiger partial charge in [-0.3, -0.25) is 101 Å². The molecule has 49 nitrogen and oxygen atoms in total. The first kappa shape index (κ1) is 113. The number of rotatable bonds is 61. The number of nitrogens with two attached hydrogens (primary N) is 3. The van der Waals surface area contributed by atoms with Gasteiger partial charge < -0.3 is 142 Å². The number of aliphatic carboxylic acids is 5. The standard InChI is InChI=1S/C90H117N19O30/c1-47(2)76(109-71(115)45-97-78(125)57(31-35-72(116)117)99-69(113)34-20-49-18-21-52(22-19-49)90(137,53-23-27-55(138-4)28-24-53)54-25-29-56(139-5)30-26-54)87(134)107-64(42-68(92)112)84(131)106-65(43-75(122)123)85(132)105-63(41-67(91)111)83(130)102-59(33-37-74(120)121)80(127)101-58(32-36-73(118)119)79(126)96-44-70(114)100-61(39-50-13-8-6-9-14-50)81(128)104-62(40-51-15-10-7-11-16-51)82(129)108-66(46-110)86(133)98-48(3)77(124)103-60(88(135)136)17-12-38-95-89(93)94/h6-11,13-16,18-19,21-30,47-48,57-66,76,110,137H,12,17,20,31-46H2,1-5H3,(H2,91,111)(H2,92,112)(H,96,126)(H,97,125)(H,98,133)(H,99,113)(H,100,114)(H,101,127)(H,102,130)(H,103,124)(H,104,128)(H,105,132)(H,106,131)(H,107,134)(H,108,129)(H,109,115)(H,116,117)(H,118,119)(H,120,121)(H,122,123)(H,135,136)(H4,93,94,95)/t48-,57-,58-,59-,60-,61-,62-,63-,64-,65-,66-,76-/m0/s1. The first-order chi connectivity index (χ1) is 65.7. The third-order valence-corrected chi connectivity index (χ3v) is 21.1. The number of primary amides is 2. The van der Waals surface area contributed by atoms with E-state index in [1.807, 2.05) is 10.6 Å². The van der Waals surface area contributed by atoms with Gasteiger partial charge in [-0.25, -0.2) is 4.79 Å². The predicted octanol–water partition coefficient (Wildman–Crippen LogP) is -5.71. The Labute approximate surface area is 795 Å². The van der Waals surface area contributed by atoms with E-state index < -0.39 is 286 Å². The number of hydrogen-bond donors (Lipinski definition) is 26. The molecule has 16 amide bonds. The number of methoxy groups -OCH3 is 2. The van der Waals surface area contributed by atoms with E-state index in [4.69, 9.17) is 32.1 Å². The third kappa shape index (κ3) is 39.3. The molecule has 29 N–H and O–H groups in total. The van der Waals surface area contributed by atoms with Crippen LogP contribution in [0.3, 0.4) is 0 Å². The van der Waals surface area contributed by atoms with E-state index in [1.54, 1.807) is 133 Å². The molecule has 5 aromatic carbocycles. The highest BCUT2D eigenvalue weighted by atomic mass is 16.5. The third-order valence-electron chi connectivity index (χ3n) is 21.1. The Hall–Kier alpha value is -16.2. The zero-order valence-corrected chi connectivity index (χ0v) is 76.4. The molecular formula is C90H117N19O30. The number of nitrogens with one attached hydrogen (secondary N) is 16. The zero-order valence-electron chi connectivity index (χ0n) is 76.4. The number of carboxylic acids is 5. The van der Waals surface area contributed by atoms with E-state index in [2.05, 4.69) is 69.1 Å². The Kier molecular flexibility index (Phi) is 46.3. The van der Waals surface area contributed by atoms with Crippen molar-refractivity contribution in [3.63, 3.8) is 0 Å². The van der Waals surface area contributed by atoms with Crippen LogP contribution in [0.4, 0.5) is 0 Å². The highest BCUT2D eigenvalue weighted by molar-refractivity contribution is 6.02. The topological polar surface area (TPSA) is 801 Å². The van der Waals surface area contributed by atoms with Gasteiger partial charge >= 0.3 is 29.8 Å². The van der Waals surface area contributed by atoms with E-state index in [0.717, 1.165) is 0 Å². The smallest absolute Gasteiger partial charge is 0.326 e. The Morgan fingerprint density at radius 2 is 0.705 bits per heavy atom. The Balaban J connectivity index is 1.26. The lowest BCUT2D eigenvalue weighted by Gasteiger charge is -2.30. The summed E-state index contributed by atoms with van der Waals surface area (Å²) in [6.07, 6.45) is -9.16. The quantitative estimate of drug-likeness (QED) is 0.00746. The second-order valence-corrected chi connectivity index (χ2v) is 32.2.